The molecule has 1 aliphatic heterocycles. The van der Waals surface area contributed by atoms with Crippen molar-refractivity contribution in [1.82, 2.24) is 25.5 Å². The number of hydrogen-bond acceptors (Lipinski definition) is 4. The molecule has 5 rings (SSSR count). The number of benzene rings is 2. The van der Waals surface area contributed by atoms with Gasteiger partial charge >= 0.3 is 0 Å². The van der Waals surface area contributed by atoms with Crippen molar-refractivity contribution in [3.8, 4) is 28.4 Å². The zero-order chi connectivity index (χ0) is 21.5. The first-order chi connectivity index (χ1) is 15.1. The zero-order valence-corrected chi connectivity index (χ0v) is 17.5. The summed E-state index contributed by atoms with van der Waals surface area (Å²) in [5.41, 5.74) is 5.25. The van der Waals surface area contributed by atoms with Gasteiger partial charge in [-0.1, -0.05) is 32.1 Å². The first-order valence-electron chi connectivity index (χ1n) is 10.5. The second-order valence-electron chi connectivity index (χ2n) is 7.98. The summed E-state index contributed by atoms with van der Waals surface area (Å²) >= 11 is 0. The van der Waals surface area contributed by atoms with E-state index < -0.39 is 0 Å². The molecule has 0 amide bonds. The minimum Gasteiger partial charge on any atom is -0.508 e. The number of phenols is 1. The van der Waals surface area contributed by atoms with E-state index in [1.54, 1.807) is 24.3 Å². The van der Waals surface area contributed by atoms with Gasteiger partial charge in [-0.3, -0.25) is 5.10 Å². The molecule has 1 aliphatic rings. The minimum atomic E-state index is -0.387. The maximum Gasteiger partial charge on any atom is 0.159 e. The van der Waals surface area contributed by atoms with Crippen LogP contribution in [0.15, 0.2) is 42.6 Å². The summed E-state index contributed by atoms with van der Waals surface area (Å²) in [6.45, 7) is 5.92. The zero-order valence-electron chi connectivity index (χ0n) is 17.5. The lowest BCUT2D eigenvalue weighted by atomic mass is 9.95. The van der Waals surface area contributed by atoms with Gasteiger partial charge in [-0.15, -0.1) is 0 Å². The van der Waals surface area contributed by atoms with Crippen molar-refractivity contribution in [1.29, 1.82) is 0 Å². The number of halogens is 1. The van der Waals surface area contributed by atoms with Gasteiger partial charge in [0.05, 0.1) is 11.9 Å². The summed E-state index contributed by atoms with van der Waals surface area (Å²) in [7, 11) is 0. The Balaban J connectivity index is 1.56. The van der Waals surface area contributed by atoms with E-state index >= 15 is 4.39 Å². The lowest BCUT2D eigenvalue weighted by Gasteiger charge is -2.20. The third-order valence-electron chi connectivity index (χ3n) is 6.00. The van der Waals surface area contributed by atoms with Crippen molar-refractivity contribution in [2.24, 2.45) is 5.92 Å². The maximum atomic E-state index is 15.5. The Morgan fingerprint density at radius 2 is 2.03 bits per heavy atom. The van der Waals surface area contributed by atoms with E-state index in [1.165, 1.54) is 5.57 Å². The van der Waals surface area contributed by atoms with Crippen LogP contribution in [0.1, 0.15) is 25.1 Å². The van der Waals surface area contributed by atoms with Gasteiger partial charge in [0.1, 0.15) is 17.0 Å². The number of rotatable bonds is 4. The lowest BCUT2D eigenvalue weighted by Crippen LogP contribution is -2.27. The second-order valence-corrected chi connectivity index (χ2v) is 7.98. The number of nitrogens with zero attached hydrogens (tertiary/aromatic N) is 2. The molecule has 0 saturated heterocycles. The molecule has 7 heteroatoms. The average molecular weight is 417 g/mol. The van der Waals surface area contributed by atoms with Gasteiger partial charge in [-0.2, -0.15) is 5.10 Å². The first-order valence-corrected chi connectivity index (χ1v) is 10.5. The van der Waals surface area contributed by atoms with Crippen LogP contribution in [-0.4, -0.2) is 38.4 Å². The number of aromatic amines is 2. The summed E-state index contributed by atoms with van der Waals surface area (Å²) in [4.78, 5) is 7.90. The molecular weight excluding hydrogens is 393 g/mol. The van der Waals surface area contributed by atoms with Crippen LogP contribution in [0.4, 0.5) is 4.39 Å². The number of aromatic hydroxyl groups is 1. The average Bonchev–Trinajstić information content (AvgIpc) is 3.42. The summed E-state index contributed by atoms with van der Waals surface area (Å²) < 4.78 is 15.5. The fourth-order valence-corrected chi connectivity index (χ4v) is 4.34. The fourth-order valence-electron chi connectivity index (χ4n) is 4.34. The van der Waals surface area contributed by atoms with Crippen LogP contribution in [0.25, 0.3) is 39.1 Å². The molecule has 31 heavy (non-hydrogen) atoms. The van der Waals surface area contributed by atoms with Crippen molar-refractivity contribution in [3.05, 3.63) is 59.7 Å². The van der Waals surface area contributed by atoms with Gasteiger partial charge in [0.25, 0.3) is 0 Å². The van der Waals surface area contributed by atoms with Crippen LogP contribution in [0.2, 0.25) is 0 Å². The van der Waals surface area contributed by atoms with Crippen molar-refractivity contribution < 1.29 is 9.50 Å². The van der Waals surface area contributed by atoms with E-state index in [2.05, 4.69) is 38.5 Å². The first kappa shape index (κ1) is 19.5. The Morgan fingerprint density at radius 3 is 2.84 bits per heavy atom. The van der Waals surface area contributed by atoms with E-state index in [1.807, 2.05) is 19.2 Å². The van der Waals surface area contributed by atoms with E-state index in [0.29, 0.717) is 34.8 Å². The van der Waals surface area contributed by atoms with Crippen LogP contribution in [0.3, 0.4) is 0 Å². The number of imidazole rings is 1. The molecule has 4 N–H and O–H groups in total. The highest BCUT2D eigenvalue weighted by molar-refractivity contribution is 5.95. The van der Waals surface area contributed by atoms with Crippen LogP contribution in [0.5, 0.6) is 5.75 Å². The molecule has 3 heterocycles. The van der Waals surface area contributed by atoms with Gasteiger partial charge in [0.15, 0.2) is 11.6 Å². The number of phenolic OH excluding ortho intramolecular Hbond substituents is 1. The largest absolute Gasteiger partial charge is 0.508 e. The number of aryl methyl sites for hydroxylation is 1. The smallest absolute Gasteiger partial charge is 0.159 e. The number of hydrogen-bond donors (Lipinski definition) is 4. The predicted molar refractivity (Wildman–Crippen MR) is 120 cm³/mol. The molecule has 1 atom stereocenters. The Kier molecular flexibility index (Phi) is 4.82. The van der Waals surface area contributed by atoms with Crippen LogP contribution in [-0.2, 0) is 6.42 Å². The molecule has 2 aromatic carbocycles. The van der Waals surface area contributed by atoms with Crippen LogP contribution < -0.4 is 5.32 Å². The van der Waals surface area contributed by atoms with E-state index in [-0.39, 0.29) is 17.1 Å². The third kappa shape index (κ3) is 3.31. The maximum absolute atomic E-state index is 15.5. The Morgan fingerprint density at radius 1 is 1.19 bits per heavy atom. The van der Waals surface area contributed by atoms with E-state index in [4.69, 9.17) is 0 Å². The van der Waals surface area contributed by atoms with Crippen LogP contribution >= 0.6 is 0 Å². The molecule has 1 unspecified atom stereocenters. The van der Waals surface area contributed by atoms with Crippen molar-refractivity contribution in [2.45, 2.75) is 20.3 Å². The predicted octanol–water partition coefficient (Wildman–Crippen LogP) is 4.65. The minimum absolute atomic E-state index is 0.177. The Labute approximate surface area is 179 Å². The van der Waals surface area contributed by atoms with Gasteiger partial charge in [-0.05, 0) is 47.2 Å². The molecule has 158 valence electrons. The fraction of sp³-hybridized carbons (Fsp3) is 0.250. The quantitative estimate of drug-likeness (QED) is 0.389. The molecule has 0 bridgehead atoms. The summed E-state index contributed by atoms with van der Waals surface area (Å²) in [5.74, 6) is 0.812. The van der Waals surface area contributed by atoms with Crippen molar-refractivity contribution >= 4 is 16.5 Å². The number of fused-ring (bicyclic) bond motifs is 1. The lowest BCUT2D eigenvalue weighted by molar-refractivity contribution is 0.474. The SMILES string of the molecule is CCc1cc(O)ccc1-c1ccc2c(-c3ncc(C4=CCNCC4C)[nH]3)[nH]nc2c1F. The number of nitrogens with one attached hydrogen (secondary N) is 3. The monoisotopic (exact) mass is 417 g/mol. The number of aromatic nitrogens is 4. The van der Waals surface area contributed by atoms with Crippen molar-refractivity contribution in [2.75, 3.05) is 13.1 Å². The molecule has 0 aliphatic carbocycles. The highest BCUT2D eigenvalue weighted by atomic mass is 19.1. The molecule has 0 saturated carbocycles. The highest BCUT2D eigenvalue weighted by Gasteiger charge is 2.20. The molecule has 0 fully saturated rings. The van der Waals surface area contributed by atoms with E-state index in [0.717, 1.165) is 29.9 Å². The molecule has 0 spiro atoms. The summed E-state index contributed by atoms with van der Waals surface area (Å²) in [5, 5.41) is 21.0. The van der Waals surface area contributed by atoms with Gasteiger partial charge < -0.3 is 15.4 Å². The molecule has 6 nitrogen and oxygen atoms in total. The van der Waals surface area contributed by atoms with Crippen molar-refractivity contribution in [3.63, 3.8) is 0 Å². The van der Waals surface area contributed by atoms with Gasteiger partial charge in [-0.25, -0.2) is 9.37 Å². The Hall–Kier alpha value is -3.45. The molecule has 0 radical (unpaired) electrons. The topological polar surface area (TPSA) is 89.6 Å². The summed E-state index contributed by atoms with van der Waals surface area (Å²) in [6, 6.07) is 8.64. The number of H-pyrrole nitrogens is 2. The van der Waals surface area contributed by atoms with E-state index in [9.17, 15) is 5.11 Å². The van der Waals surface area contributed by atoms with Gasteiger partial charge in [0, 0.05) is 24.0 Å². The molecule has 2 aromatic heterocycles. The summed E-state index contributed by atoms with van der Waals surface area (Å²) in [6.07, 6.45) is 4.68. The normalized spacial score (nSPS) is 16.6. The standard InChI is InChI=1S/C24H24FN5O/c1-3-14-10-15(31)4-5-17(14)18-6-7-19-22(21(18)25)29-30-23(19)24-27-12-20(28-24)16-8-9-26-11-13(16)2/h4-8,10,12-13,26,31H,3,9,11H2,1-2H3,(H,27,28)(H,29,30). The Bertz CT molecular complexity index is 1300. The third-order valence-corrected chi connectivity index (χ3v) is 6.00. The van der Waals surface area contributed by atoms with Crippen LogP contribution in [0, 0.1) is 11.7 Å². The molecule has 4 aromatic rings. The van der Waals surface area contributed by atoms with Gasteiger partial charge in [0.2, 0.25) is 0 Å². The second kappa shape index (κ2) is 7.67. The highest BCUT2D eigenvalue weighted by Crippen LogP contribution is 2.35. The molecular formula is C24H24FN5O.